The Kier molecular flexibility index (Phi) is 2.15. The van der Waals surface area contributed by atoms with Gasteiger partial charge >= 0.3 is 5.97 Å². The predicted molar refractivity (Wildman–Crippen MR) is 45.5 cm³/mol. The summed E-state index contributed by atoms with van der Waals surface area (Å²) < 4.78 is 5.07. The van der Waals surface area contributed by atoms with Crippen molar-refractivity contribution >= 4 is 5.97 Å². The molecule has 2 rings (SSSR count). The first kappa shape index (κ1) is 7.84. The Morgan fingerprint density at radius 3 is 3.08 bits per heavy atom. The Hall–Kier alpha value is -0.790. The first-order valence-corrected chi connectivity index (χ1v) is 4.69. The first-order valence-electron chi connectivity index (χ1n) is 4.69. The average molecular weight is 166 g/mol. The van der Waals surface area contributed by atoms with Gasteiger partial charge in [0.15, 0.2) is 0 Å². The molecule has 0 saturated heterocycles. The smallest absolute Gasteiger partial charge is 0.330 e. The van der Waals surface area contributed by atoms with Gasteiger partial charge in [-0.1, -0.05) is 12.5 Å². The van der Waals surface area contributed by atoms with Crippen LogP contribution in [0.3, 0.4) is 0 Å². The van der Waals surface area contributed by atoms with Crippen molar-refractivity contribution in [3.8, 4) is 0 Å². The zero-order valence-electron chi connectivity index (χ0n) is 7.16. The zero-order valence-corrected chi connectivity index (χ0v) is 7.16. The second kappa shape index (κ2) is 3.30. The van der Waals surface area contributed by atoms with Gasteiger partial charge in [0, 0.05) is 6.08 Å². The Morgan fingerprint density at radius 1 is 1.33 bits per heavy atom. The highest BCUT2D eigenvalue weighted by atomic mass is 16.5. The van der Waals surface area contributed by atoms with Gasteiger partial charge in [0.2, 0.25) is 0 Å². The number of rotatable bonds is 0. The molecule has 12 heavy (non-hydrogen) atoms. The van der Waals surface area contributed by atoms with Gasteiger partial charge in [-0.3, -0.25) is 0 Å². The van der Waals surface area contributed by atoms with E-state index in [-0.39, 0.29) is 5.97 Å². The van der Waals surface area contributed by atoms with E-state index in [1.165, 1.54) is 19.3 Å². The summed E-state index contributed by atoms with van der Waals surface area (Å²) in [6.07, 6.45) is 8.46. The van der Waals surface area contributed by atoms with Crippen molar-refractivity contribution in [3.05, 3.63) is 12.2 Å². The Morgan fingerprint density at radius 2 is 2.17 bits per heavy atom. The number of fused-ring (bicyclic) bond motifs is 1. The summed E-state index contributed by atoms with van der Waals surface area (Å²) in [6.45, 7) is 0.647. The molecule has 0 aromatic rings. The molecule has 1 fully saturated rings. The molecule has 66 valence electrons. The summed E-state index contributed by atoms with van der Waals surface area (Å²) in [5.74, 6) is 1.24. The highest BCUT2D eigenvalue weighted by Crippen LogP contribution is 2.35. The van der Waals surface area contributed by atoms with Gasteiger partial charge in [0.1, 0.15) is 0 Å². The third-order valence-electron chi connectivity index (χ3n) is 2.95. The van der Waals surface area contributed by atoms with Gasteiger partial charge < -0.3 is 4.74 Å². The van der Waals surface area contributed by atoms with Crippen LogP contribution in [0.2, 0.25) is 0 Å². The summed E-state index contributed by atoms with van der Waals surface area (Å²) in [4.78, 5) is 10.9. The average Bonchev–Trinajstić information content (AvgIpc) is 2.45. The Bertz CT molecular complexity index is 208. The monoisotopic (exact) mass is 166 g/mol. The van der Waals surface area contributed by atoms with Crippen molar-refractivity contribution in [1.82, 2.24) is 0 Å². The van der Waals surface area contributed by atoms with Crippen molar-refractivity contribution in [2.45, 2.75) is 25.7 Å². The molecule has 1 aliphatic carbocycles. The topological polar surface area (TPSA) is 26.3 Å². The number of hydrogen-bond acceptors (Lipinski definition) is 2. The molecular weight excluding hydrogens is 152 g/mol. The maximum atomic E-state index is 10.9. The van der Waals surface area contributed by atoms with Gasteiger partial charge in [0.25, 0.3) is 0 Å². The molecule has 2 atom stereocenters. The van der Waals surface area contributed by atoms with Crippen LogP contribution in [-0.4, -0.2) is 12.6 Å². The van der Waals surface area contributed by atoms with E-state index in [1.807, 2.05) is 6.08 Å². The molecule has 0 amide bonds. The number of ether oxygens (including phenoxy) is 1. The fourth-order valence-electron chi connectivity index (χ4n) is 2.22. The maximum absolute atomic E-state index is 10.9. The third kappa shape index (κ3) is 1.52. The van der Waals surface area contributed by atoms with E-state index in [2.05, 4.69) is 0 Å². The van der Waals surface area contributed by atoms with E-state index in [4.69, 9.17) is 4.74 Å². The van der Waals surface area contributed by atoms with E-state index in [1.54, 1.807) is 6.08 Å². The van der Waals surface area contributed by atoms with Crippen LogP contribution >= 0.6 is 0 Å². The van der Waals surface area contributed by atoms with Crippen molar-refractivity contribution in [3.63, 3.8) is 0 Å². The second-order valence-corrected chi connectivity index (χ2v) is 3.72. The highest BCUT2D eigenvalue weighted by Gasteiger charge is 2.28. The number of esters is 1. The molecule has 2 nitrogen and oxygen atoms in total. The standard InChI is InChI=1S/C10H14O2/c11-10-6-2-4-8-3-1-5-9(8)7-12-10/h2,6,8-9H,1,3-5,7H2. The number of carbonyl (C=O) groups excluding carboxylic acids is 1. The summed E-state index contributed by atoms with van der Waals surface area (Å²) in [7, 11) is 0. The number of cyclic esters (lactones) is 1. The summed E-state index contributed by atoms with van der Waals surface area (Å²) >= 11 is 0. The maximum Gasteiger partial charge on any atom is 0.330 e. The second-order valence-electron chi connectivity index (χ2n) is 3.72. The molecule has 0 spiro atoms. The van der Waals surface area contributed by atoms with Crippen molar-refractivity contribution in [2.75, 3.05) is 6.61 Å². The van der Waals surface area contributed by atoms with Crippen LogP contribution in [0.15, 0.2) is 12.2 Å². The predicted octanol–water partition coefficient (Wildman–Crippen LogP) is 1.91. The SMILES string of the molecule is O=C1C=CCC2CCCC2CO1. The van der Waals surface area contributed by atoms with Gasteiger partial charge in [-0.25, -0.2) is 4.79 Å². The molecular formula is C10H14O2. The zero-order chi connectivity index (χ0) is 8.39. The van der Waals surface area contributed by atoms with E-state index in [9.17, 15) is 4.79 Å². The van der Waals surface area contributed by atoms with Crippen molar-refractivity contribution in [2.24, 2.45) is 11.8 Å². The minimum absolute atomic E-state index is 0.166. The van der Waals surface area contributed by atoms with Crippen LogP contribution in [0.1, 0.15) is 25.7 Å². The van der Waals surface area contributed by atoms with E-state index in [0.717, 1.165) is 12.3 Å². The first-order chi connectivity index (χ1) is 5.86. The number of hydrogen-bond donors (Lipinski definition) is 0. The molecule has 0 radical (unpaired) electrons. The lowest BCUT2D eigenvalue weighted by molar-refractivity contribution is -0.139. The molecule has 0 aromatic carbocycles. The fraction of sp³-hybridized carbons (Fsp3) is 0.700. The molecule has 2 unspecified atom stereocenters. The van der Waals surface area contributed by atoms with Crippen LogP contribution in [0, 0.1) is 11.8 Å². The lowest BCUT2D eigenvalue weighted by atomic mass is 9.93. The Labute approximate surface area is 72.6 Å². The molecule has 0 aromatic heterocycles. The van der Waals surface area contributed by atoms with Gasteiger partial charge in [0.05, 0.1) is 6.61 Å². The lowest BCUT2D eigenvalue weighted by Gasteiger charge is -2.19. The number of allylic oxidation sites excluding steroid dienone is 1. The van der Waals surface area contributed by atoms with Gasteiger partial charge in [-0.05, 0) is 31.1 Å². The normalized spacial score (nSPS) is 35.2. The minimum Gasteiger partial charge on any atom is -0.462 e. The summed E-state index contributed by atoms with van der Waals surface area (Å²) in [6, 6.07) is 0. The summed E-state index contributed by atoms with van der Waals surface area (Å²) in [5.41, 5.74) is 0. The molecule has 1 heterocycles. The highest BCUT2D eigenvalue weighted by molar-refractivity contribution is 5.81. The van der Waals surface area contributed by atoms with E-state index >= 15 is 0 Å². The van der Waals surface area contributed by atoms with Crippen molar-refractivity contribution < 1.29 is 9.53 Å². The van der Waals surface area contributed by atoms with Crippen LogP contribution in [0.4, 0.5) is 0 Å². The minimum atomic E-state index is -0.166. The Balaban J connectivity index is 2.04. The molecule has 2 heteroatoms. The van der Waals surface area contributed by atoms with Gasteiger partial charge in [-0.15, -0.1) is 0 Å². The van der Waals surface area contributed by atoms with Crippen LogP contribution in [0.25, 0.3) is 0 Å². The summed E-state index contributed by atoms with van der Waals surface area (Å²) in [5, 5.41) is 0. The van der Waals surface area contributed by atoms with Gasteiger partial charge in [-0.2, -0.15) is 0 Å². The quantitative estimate of drug-likeness (QED) is 0.514. The van der Waals surface area contributed by atoms with Crippen LogP contribution < -0.4 is 0 Å². The number of carbonyl (C=O) groups is 1. The largest absolute Gasteiger partial charge is 0.462 e. The van der Waals surface area contributed by atoms with E-state index in [0.29, 0.717) is 12.5 Å². The van der Waals surface area contributed by atoms with Crippen LogP contribution in [0.5, 0.6) is 0 Å². The molecule has 1 aliphatic heterocycles. The molecule has 2 aliphatic rings. The molecule has 0 N–H and O–H groups in total. The van der Waals surface area contributed by atoms with E-state index < -0.39 is 0 Å². The van der Waals surface area contributed by atoms with Crippen LogP contribution in [-0.2, 0) is 9.53 Å². The lowest BCUT2D eigenvalue weighted by Crippen LogP contribution is -2.18. The fourth-order valence-corrected chi connectivity index (χ4v) is 2.22. The molecule has 1 saturated carbocycles. The molecule has 0 bridgehead atoms. The van der Waals surface area contributed by atoms with Crippen molar-refractivity contribution in [1.29, 1.82) is 0 Å². The third-order valence-corrected chi connectivity index (χ3v) is 2.95.